The summed E-state index contributed by atoms with van der Waals surface area (Å²) in [5.74, 6) is -6.58. The van der Waals surface area contributed by atoms with E-state index in [9.17, 15) is 28.0 Å². The van der Waals surface area contributed by atoms with Crippen molar-refractivity contribution in [3.8, 4) is 5.75 Å². The molecule has 2 N–H and O–H groups in total. The van der Waals surface area contributed by atoms with Crippen LogP contribution in [0.3, 0.4) is 0 Å². The number of carbonyl (C=O) groups is 4. The summed E-state index contributed by atoms with van der Waals surface area (Å²) >= 11 is 0. The zero-order chi connectivity index (χ0) is 25.3. The summed E-state index contributed by atoms with van der Waals surface area (Å²) in [6.07, 6.45) is 0.0430. The Bertz CT molecular complexity index is 1200. The number of benzene rings is 2. The van der Waals surface area contributed by atoms with Crippen molar-refractivity contribution in [2.45, 2.75) is 57.8 Å². The van der Waals surface area contributed by atoms with Gasteiger partial charge in [0.05, 0.1) is 11.7 Å². The molecule has 4 amide bonds. The third-order valence-electron chi connectivity index (χ3n) is 5.91. The van der Waals surface area contributed by atoms with Crippen molar-refractivity contribution in [3.05, 3.63) is 64.7 Å². The standard InChI is InChI=1S/C25H25F2N3O5/c1-14(2)35-20-6-4-3-5-18(20)25(26,27)24(34)28-12-15-7-8-17-16(11-15)13-30(23(17)33)19-9-10-21(31)29-22(19)32/h3-8,11,14,19H,9-10,12-13H2,1-2H3,(H,28,34)(H,29,31,32). The van der Waals surface area contributed by atoms with E-state index in [0.29, 0.717) is 16.7 Å². The molecule has 0 spiro atoms. The van der Waals surface area contributed by atoms with Crippen LogP contribution in [0.5, 0.6) is 5.75 Å². The predicted octanol–water partition coefficient (Wildman–Crippen LogP) is 2.64. The van der Waals surface area contributed by atoms with Crippen LogP contribution >= 0.6 is 0 Å². The molecule has 0 aromatic heterocycles. The number of amides is 4. The Balaban J connectivity index is 1.44. The molecule has 1 atom stereocenters. The SMILES string of the molecule is CC(C)Oc1ccccc1C(F)(F)C(=O)NCc1ccc2c(c1)CN(C1CCC(=O)NC1=O)C2=O. The number of fused-ring (bicyclic) bond motifs is 1. The van der Waals surface area contributed by atoms with Crippen molar-refractivity contribution in [3.63, 3.8) is 0 Å². The zero-order valence-electron chi connectivity index (χ0n) is 19.3. The van der Waals surface area contributed by atoms with Gasteiger partial charge in [-0.1, -0.05) is 24.3 Å². The smallest absolute Gasteiger partial charge is 0.353 e. The van der Waals surface area contributed by atoms with E-state index < -0.39 is 29.3 Å². The van der Waals surface area contributed by atoms with Gasteiger partial charge in [-0.05, 0) is 49.6 Å². The maximum Gasteiger partial charge on any atom is 0.353 e. The second-order valence-electron chi connectivity index (χ2n) is 8.81. The first kappa shape index (κ1) is 24.3. The molecule has 0 radical (unpaired) electrons. The van der Waals surface area contributed by atoms with Gasteiger partial charge in [0, 0.05) is 25.1 Å². The summed E-state index contributed by atoms with van der Waals surface area (Å²) in [5, 5.41) is 4.50. The van der Waals surface area contributed by atoms with Gasteiger partial charge in [0.15, 0.2) is 0 Å². The molecule has 4 rings (SSSR count). The maximum absolute atomic E-state index is 15.0. The summed E-state index contributed by atoms with van der Waals surface area (Å²) < 4.78 is 35.3. The fourth-order valence-electron chi connectivity index (χ4n) is 4.24. The van der Waals surface area contributed by atoms with Crippen LogP contribution in [0.15, 0.2) is 42.5 Å². The van der Waals surface area contributed by atoms with E-state index in [1.807, 2.05) is 0 Å². The highest BCUT2D eigenvalue weighted by molar-refractivity contribution is 6.05. The Hall–Kier alpha value is -3.82. The number of hydrogen-bond acceptors (Lipinski definition) is 5. The molecule has 10 heteroatoms. The molecule has 2 aliphatic heterocycles. The monoisotopic (exact) mass is 485 g/mol. The largest absolute Gasteiger partial charge is 0.490 e. The molecule has 2 aromatic carbocycles. The molecule has 1 saturated heterocycles. The lowest BCUT2D eigenvalue weighted by molar-refractivity contribution is -0.147. The molecule has 184 valence electrons. The zero-order valence-corrected chi connectivity index (χ0v) is 19.3. The lowest BCUT2D eigenvalue weighted by Crippen LogP contribution is -2.52. The van der Waals surface area contributed by atoms with Gasteiger partial charge >= 0.3 is 5.92 Å². The number of nitrogens with zero attached hydrogens (tertiary/aromatic N) is 1. The van der Waals surface area contributed by atoms with Gasteiger partial charge in [-0.3, -0.25) is 24.5 Å². The number of rotatable bonds is 7. The lowest BCUT2D eigenvalue weighted by atomic mass is 10.0. The van der Waals surface area contributed by atoms with Crippen LogP contribution in [0.4, 0.5) is 8.78 Å². The molecule has 2 aromatic rings. The van der Waals surface area contributed by atoms with E-state index in [0.717, 1.165) is 6.07 Å². The van der Waals surface area contributed by atoms with Crippen molar-refractivity contribution < 1.29 is 32.7 Å². The van der Waals surface area contributed by atoms with Crippen LogP contribution in [-0.4, -0.2) is 40.7 Å². The molecule has 0 aliphatic carbocycles. The van der Waals surface area contributed by atoms with Gasteiger partial charge in [-0.15, -0.1) is 0 Å². The van der Waals surface area contributed by atoms with Gasteiger partial charge in [-0.25, -0.2) is 0 Å². The number of hydrogen-bond donors (Lipinski definition) is 2. The number of imide groups is 1. The quantitative estimate of drug-likeness (QED) is 0.587. The summed E-state index contributed by atoms with van der Waals surface area (Å²) in [5.41, 5.74) is 1.02. The minimum absolute atomic E-state index is 0.0627. The average Bonchev–Trinajstić information content (AvgIpc) is 3.12. The molecule has 1 unspecified atom stereocenters. The summed E-state index contributed by atoms with van der Waals surface area (Å²) in [6, 6.07) is 9.53. The van der Waals surface area contributed by atoms with E-state index in [1.54, 1.807) is 38.1 Å². The van der Waals surface area contributed by atoms with E-state index in [1.165, 1.54) is 17.0 Å². The molecule has 8 nitrogen and oxygen atoms in total. The first-order chi connectivity index (χ1) is 16.6. The average molecular weight is 485 g/mol. The van der Waals surface area contributed by atoms with Crippen LogP contribution in [0.1, 0.15) is 53.7 Å². The number of piperidine rings is 1. The molecule has 0 saturated carbocycles. The fraction of sp³-hybridized carbons (Fsp3) is 0.360. The molecule has 2 heterocycles. The van der Waals surface area contributed by atoms with Crippen molar-refractivity contribution >= 4 is 23.6 Å². The Morgan fingerprint density at radius 1 is 1.20 bits per heavy atom. The van der Waals surface area contributed by atoms with Gasteiger partial charge in [0.25, 0.3) is 11.8 Å². The second kappa shape index (κ2) is 9.44. The first-order valence-corrected chi connectivity index (χ1v) is 11.3. The highest BCUT2D eigenvalue weighted by Crippen LogP contribution is 2.36. The number of para-hydroxylation sites is 1. The molecular formula is C25H25F2N3O5. The maximum atomic E-state index is 15.0. The first-order valence-electron chi connectivity index (χ1n) is 11.3. The van der Waals surface area contributed by atoms with Crippen LogP contribution in [0.25, 0.3) is 0 Å². The molecule has 1 fully saturated rings. The number of nitrogens with one attached hydrogen (secondary N) is 2. The Morgan fingerprint density at radius 3 is 2.66 bits per heavy atom. The highest BCUT2D eigenvalue weighted by atomic mass is 19.3. The summed E-state index contributed by atoms with van der Waals surface area (Å²) in [4.78, 5) is 50.2. The van der Waals surface area contributed by atoms with E-state index in [4.69, 9.17) is 4.74 Å². The molecular weight excluding hydrogens is 460 g/mol. The molecule has 2 aliphatic rings. The Labute approximate surface area is 200 Å². The highest BCUT2D eigenvalue weighted by Gasteiger charge is 2.43. The van der Waals surface area contributed by atoms with E-state index in [2.05, 4.69) is 10.6 Å². The second-order valence-corrected chi connectivity index (χ2v) is 8.81. The molecule has 35 heavy (non-hydrogen) atoms. The normalized spacial score (nSPS) is 17.9. The topological polar surface area (TPSA) is 105 Å². The van der Waals surface area contributed by atoms with Crippen LogP contribution in [0.2, 0.25) is 0 Å². The molecule has 0 bridgehead atoms. The number of alkyl halides is 2. The number of ether oxygens (including phenoxy) is 1. The third kappa shape index (κ3) is 4.87. The van der Waals surface area contributed by atoms with E-state index in [-0.39, 0.29) is 49.6 Å². The summed E-state index contributed by atoms with van der Waals surface area (Å²) in [6.45, 7) is 3.38. The number of halogens is 2. The Morgan fingerprint density at radius 2 is 1.94 bits per heavy atom. The van der Waals surface area contributed by atoms with E-state index >= 15 is 0 Å². The summed E-state index contributed by atoms with van der Waals surface area (Å²) in [7, 11) is 0. The minimum atomic E-state index is -3.82. The third-order valence-corrected chi connectivity index (χ3v) is 5.91. The van der Waals surface area contributed by atoms with Crippen LogP contribution in [0, 0.1) is 0 Å². The minimum Gasteiger partial charge on any atom is -0.490 e. The van der Waals surface area contributed by atoms with Gasteiger partial charge in [0.1, 0.15) is 11.8 Å². The fourth-order valence-corrected chi connectivity index (χ4v) is 4.24. The Kier molecular flexibility index (Phi) is 6.56. The van der Waals surface area contributed by atoms with Crippen molar-refractivity contribution in [2.24, 2.45) is 0 Å². The van der Waals surface area contributed by atoms with Gasteiger partial charge < -0.3 is 15.0 Å². The number of carbonyl (C=O) groups excluding carboxylic acids is 4. The predicted molar refractivity (Wildman–Crippen MR) is 120 cm³/mol. The van der Waals surface area contributed by atoms with Gasteiger partial charge in [-0.2, -0.15) is 8.78 Å². The van der Waals surface area contributed by atoms with Crippen molar-refractivity contribution in [1.82, 2.24) is 15.5 Å². The van der Waals surface area contributed by atoms with Gasteiger partial charge in [0.2, 0.25) is 11.8 Å². The van der Waals surface area contributed by atoms with Crippen molar-refractivity contribution in [2.75, 3.05) is 0 Å². The van der Waals surface area contributed by atoms with Crippen LogP contribution in [-0.2, 0) is 33.4 Å². The van der Waals surface area contributed by atoms with Crippen LogP contribution < -0.4 is 15.4 Å². The van der Waals surface area contributed by atoms with Crippen molar-refractivity contribution in [1.29, 1.82) is 0 Å². The lowest BCUT2D eigenvalue weighted by Gasteiger charge is -2.29.